The molecular weight excluding hydrogens is 523 g/mol. The van der Waals surface area contributed by atoms with E-state index in [0.717, 1.165) is 47.8 Å². The van der Waals surface area contributed by atoms with Gasteiger partial charge in [0.05, 0.1) is 12.7 Å². The molecule has 1 aromatic heterocycles. The van der Waals surface area contributed by atoms with E-state index in [2.05, 4.69) is 39.4 Å². The molecule has 0 radical (unpaired) electrons. The molecule has 1 aliphatic heterocycles. The van der Waals surface area contributed by atoms with Crippen molar-refractivity contribution in [2.45, 2.75) is 39.6 Å². The van der Waals surface area contributed by atoms with Crippen LogP contribution >= 0.6 is 0 Å². The first-order valence-electron chi connectivity index (χ1n) is 13.3. The molecule has 4 rings (SSSR count). The van der Waals surface area contributed by atoms with Crippen LogP contribution in [-0.4, -0.2) is 72.6 Å². The first-order valence-corrected chi connectivity index (χ1v) is 13.3. The van der Waals surface area contributed by atoms with Crippen molar-refractivity contribution in [3.8, 4) is 22.6 Å². The predicted molar refractivity (Wildman–Crippen MR) is 147 cm³/mol. The second kappa shape index (κ2) is 13.0. The van der Waals surface area contributed by atoms with Crippen LogP contribution in [0.4, 0.5) is 19.0 Å². The van der Waals surface area contributed by atoms with Crippen LogP contribution in [-0.2, 0) is 6.54 Å². The molecule has 0 aliphatic carbocycles. The minimum absolute atomic E-state index is 0.0459. The monoisotopic (exact) mass is 557 g/mol. The first-order chi connectivity index (χ1) is 19.1. The maximum Gasteiger partial charge on any atom is 0.405 e. The lowest BCUT2D eigenvalue weighted by molar-refractivity contribution is -0.123. The van der Waals surface area contributed by atoms with Crippen molar-refractivity contribution in [2.24, 2.45) is 0 Å². The minimum Gasteiger partial charge on any atom is -0.494 e. The van der Waals surface area contributed by atoms with Gasteiger partial charge in [-0.05, 0) is 79.9 Å². The number of amides is 1. The Bertz CT molecular complexity index is 1280. The highest BCUT2D eigenvalue weighted by molar-refractivity contribution is 5.92. The van der Waals surface area contributed by atoms with Gasteiger partial charge in [0, 0.05) is 32.7 Å². The van der Waals surface area contributed by atoms with Gasteiger partial charge in [-0.1, -0.05) is 12.1 Å². The zero-order valence-corrected chi connectivity index (χ0v) is 22.9. The Morgan fingerprint density at radius 3 is 2.38 bits per heavy atom. The van der Waals surface area contributed by atoms with Crippen molar-refractivity contribution in [3.05, 3.63) is 65.9 Å². The first kappa shape index (κ1) is 29.1. The number of hydrogen-bond donors (Lipinski definition) is 1. The molecule has 1 N–H and O–H groups in total. The van der Waals surface area contributed by atoms with Gasteiger partial charge in [-0.15, -0.1) is 10.2 Å². The Hall–Kier alpha value is -3.86. The summed E-state index contributed by atoms with van der Waals surface area (Å²) < 4.78 is 48.8. The highest BCUT2D eigenvalue weighted by Gasteiger charge is 2.28. The number of nitrogens with one attached hydrogen (secondary N) is 1. The quantitative estimate of drug-likeness (QED) is 0.378. The molecule has 0 spiro atoms. The van der Waals surface area contributed by atoms with E-state index in [4.69, 9.17) is 9.47 Å². The molecule has 0 saturated carbocycles. The lowest BCUT2D eigenvalue weighted by atomic mass is 10.0. The Labute approximate surface area is 232 Å². The molecule has 2 aromatic carbocycles. The third-order valence-electron chi connectivity index (χ3n) is 6.25. The lowest BCUT2D eigenvalue weighted by Gasteiger charge is -2.35. The second-order valence-electron chi connectivity index (χ2n) is 9.83. The number of alkyl halides is 3. The maximum atomic E-state index is 12.3. The molecule has 2 heterocycles. The number of carbonyl (C=O) groups is 1. The number of halogens is 3. The summed E-state index contributed by atoms with van der Waals surface area (Å²) >= 11 is 0. The number of benzene rings is 2. The van der Waals surface area contributed by atoms with Crippen molar-refractivity contribution in [2.75, 3.05) is 44.2 Å². The molecule has 1 fully saturated rings. The fourth-order valence-corrected chi connectivity index (χ4v) is 4.47. The van der Waals surface area contributed by atoms with Crippen LogP contribution in [0.15, 0.2) is 54.6 Å². The number of ether oxygens (including phenoxy) is 2. The van der Waals surface area contributed by atoms with Crippen molar-refractivity contribution >= 4 is 11.7 Å². The number of carbonyl (C=O) groups excluding carboxylic acids is 1. The second-order valence-corrected chi connectivity index (χ2v) is 9.83. The fourth-order valence-electron chi connectivity index (χ4n) is 4.47. The molecule has 1 amide bonds. The largest absolute Gasteiger partial charge is 0.494 e. The maximum absolute atomic E-state index is 12.3. The zero-order chi connectivity index (χ0) is 28.7. The molecule has 0 unspecified atom stereocenters. The van der Waals surface area contributed by atoms with E-state index in [0.29, 0.717) is 25.5 Å². The lowest BCUT2D eigenvalue weighted by Crippen LogP contribution is -2.46. The minimum atomic E-state index is -4.48. The molecule has 11 heteroatoms. The molecule has 3 aromatic rings. The molecule has 214 valence electrons. The van der Waals surface area contributed by atoms with Crippen LogP contribution in [0.1, 0.15) is 36.8 Å². The number of anilines is 1. The third-order valence-corrected chi connectivity index (χ3v) is 6.25. The van der Waals surface area contributed by atoms with Crippen LogP contribution < -0.4 is 19.7 Å². The van der Waals surface area contributed by atoms with E-state index in [1.54, 1.807) is 11.4 Å². The average Bonchev–Trinajstić information content (AvgIpc) is 2.92. The van der Waals surface area contributed by atoms with Gasteiger partial charge in [0.15, 0.2) is 11.5 Å². The highest BCUT2D eigenvalue weighted by Crippen LogP contribution is 2.30. The third kappa shape index (κ3) is 8.32. The fraction of sp³-hybridized carbons (Fsp3) is 0.414. The molecular formula is C29H34F3N5O3. The van der Waals surface area contributed by atoms with Crippen molar-refractivity contribution in [1.29, 1.82) is 0 Å². The van der Waals surface area contributed by atoms with Gasteiger partial charge in [-0.3, -0.25) is 9.69 Å². The molecule has 0 bridgehead atoms. The van der Waals surface area contributed by atoms with E-state index in [-0.39, 0.29) is 11.8 Å². The van der Waals surface area contributed by atoms with Gasteiger partial charge >= 0.3 is 6.18 Å². The van der Waals surface area contributed by atoms with E-state index >= 15 is 0 Å². The van der Waals surface area contributed by atoms with Crippen molar-refractivity contribution < 1.29 is 27.4 Å². The van der Waals surface area contributed by atoms with Gasteiger partial charge < -0.3 is 19.7 Å². The van der Waals surface area contributed by atoms with Crippen LogP contribution in [0, 0.1) is 0 Å². The number of nitrogens with zero attached hydrogens (tertiary/aromatic N) is 4. The molecule has 1 aliphatic rings. The SMILES string of the molecule is CCOc1cccc(-c2cc(CN3CCN(c4ccc(C(=O)NCC(F)(F)F)nn4)CC3)cc(OC(C)C)c2)c1. The van der Waals surface area contributed by atoms with Gasteiger partial charge in [0.1, 0.15) is 18.0 Å². The summed E-state index contributed by atoms with van der Waals surface area (Å²) in [6.45, 7) is 8.85. The summed E-state index contributed by atoms with van der Waals surface area (Å²) in [6, 6.07) is 17.3. The Morgan fingerprint density at radius 1 is 0.975 bits per heavy atom. The molecule has 1 saturated heterocycles. The summed E-state index contributed by atoms with van der Waals surface area (Å²) in [5, 5.41) is 9.70. The van der Waals surface area contributed by atoms with Crippen LogP contribution in [0.2, 0.25) is 0 Å². The van der Waals surface area contributed by atoms with Gasteiger partial charge in [-0.2, -0.15) is 13.2 Å². The van der Waals surface area contributed by atoms with Crippen LogP contribution in [0.25, 0.3) is 11.1 Å². The van der Waals surface area contributed by atoms with E-state index in [1.165, 1.54) is 6.07 Å². The number of aromatic nitrogens is 2. The van der Waals surface area contributed by atoms with Crippen LogP contribution in [0.3, 0.4) is 0 Å². The Morgan fingerprint density at radius 2 is 1.73 bits per heavy atom. The van der Waals surface area contributed by atoms with Gasteiger partial charge in [-0.25, -0.2) is 0 Å². The van der Waals surface area contributed by atoms with Crippen molar-refractivity contribution in [3.63, 3.8) is 0 Å². The van der Waals surface area contributed by atoms with Crippen LogP contribution in [0.5, 0.6) is 11.5 Å². The van der Waals surface area contributed by atoms with Crippen molar-refractivity contribution in [1.82, 2.24) is 20.4 Å². The van der Waals surface area contributed by atoms with E-state index in [1.807, 2.05) is 43.9 Å². The Kier molecular flexibility index (Phi) is 9.46. The normalized spacial score (nSPS) is 14.3. The molecule has 0 atom stereocenters. The summed E-state index contributed by atoms with van der Waals surface area (Å²) in [6.07, 6.45) is -4.44. The average molecular weight is 558 g/mol. The number of piperazine rings is 1. The van der Waals surface area contributed by atoms with E-state index < -0.39 is 18.6 Å². The predicted octanol–water partition coefficient (Wildman–Crippen LogP) is 4.94. The highest BCUT2D eigenvalue weighted by atomic mass is 19.4. The summed E-state index contributed by atoms with van der Waals surface area (Å²) in [4.78, 5) is 16.3. The topological polar surface area (TPSA) is 79.8 Å². The zero-order valence-electron chi connectivity index (χ0n) is 22.9. The van der Waals surface area contributed by atoms with Gasteiger partial charge in [0.2, 0.25) is 0 Å². The molecule has 40 heavy (non-hydrogen) atoms. The van der Waals surface area contributed by atoms with Gasteiger partial charge in [0.25, 0.3) is 5.91 Å². The summed E-state index contributed by atoms with van der Waals surface area (Å²) in [5.41, 5.74) is 3.10. The van der Waals surface area contributed by atoms with E-state index in [9.17, 15) is 18.0 Å². The summed E-state index contributed by atoms with van der Waals surface area (Å²) in [5.74, 6) is 1.31. The standard InChI is InChI=1S/C29H34F3N5O3/c1-4-39-24-7-5-6-22(16-24)23-14-21(15-25(17-23)40-20(2)3)18-36-10-12-37(13-11-36)27-9-8-26(34-35-27)28(38)33-19-29(30,31)32/h5-9,14-17,20H,4,10-13,18-19H2,1-3H3,(H,33,38). The Balaban J connectivity index is 1.39. The smallest absolute Gasteiger partial charge is 0.405 e. The molecule has 8 nitrogen and oxygen atoms in total. The number of rotatable bonds is 10. The number of hydrogen-bond acceptors (Lipinski definition) is 7. The summed E-state index contributed by atoms with van der Waals surface area (Å²) in [7, 11) is 0.